The van der Waals surface area contributed by atoms with Crippen LogP contribution in [0.15, 0.2) is 46.3 Å². The molecule has 3 aromatic heterocycles. The number of nitrogens with one attached hydrogen (secondary N) is 1. The monoisotopic (exact) mass is 566 g/mol. The molecule has 0 amide bonds. The average Bonchev–Trinajstić information content (AvgIpc) is 3.29. The van der Waals surface area contributed by atoms with Crippen LogP contribution >= 0.6 is 0 Å². The maximum atomic E-state index is 13.5. The summed E-state index contributed by atoms with van der Waals surface area (Å²) in [7, 11) is -1.78. The van der Waals surface area contributed by atoms with Gasteiger partial charge in [0.1, 0.15) is 22.8 Å². The lowest BCUT2D eigenvalue weighted by molar-refractivity contribution is 0.222. The molecule has 1 aliphatic heterocycles. The van der Waals surface area contributed by atoms with Crippen molar-refractivity contribution in [3.05, 3.63) is 58.5 Å². The zero-order chi connectivity index (χ0) is 28.3. The van der Waals surface area contributed by atoms with Gasteiger partial charge < -0.3 is 14.6 Å². The summed E-state index contributed by atoms with van der Waals surface area (Å²) in [4.78, 5) is 32.0. The van der Waals surface area contributed by atoms with E-state index in [0.717, 1.165) is 12.8 Å². The van der Waals surface area contributed by atoms with E-state index in [0.29, 0.717) is 73.2 Å². The van der Waals surface area contributed by atoms with Gasteiger partial charge in [0.15, 0.2) is 5.65 Å². The van der Waals surface area contributed by atoms with Crippen LogP contribution < -0.4 is 10.3 Å². The van der Waals surface area contributed by atoms with Crippen molar-refractivity contribution in [1.82, 2.24) is 38.9 Å². The first-order valence-electron chi connectivity index (χ1n) is 13.5. The topological polar surface area (TPSA) is 139 Å². The van der Waals surface area contributed by atoms with Crippen LogP contribution in [0.3, 0.4) is 0 Å². The molecule has 4 aromatic rings. The minimum absolute atomic E-state index is 0.127. The number of sulfonamides is 1. The molecular formula is C27H34N8O4S. The van der Waals surface area contributed by atoms with E-state index in [9.17, 15) is 13.2 Å². The normalized spacial score (nSPS) is 15.1. The number of hydrogen-bond donors (Lipinski definition) is 1. The van der Waals surface area contributed by atoms with Gasteiger partial charge in [0.25, 0.3) is 5.56 Å². The summed E-state index contributed by atoms with van der Waals surface area (Å²) in [6, 6.07) is 6.47. The lowest BCUT2D eigenvalue weighted by Crippen LogP contribution is -2.47. The first-order chi connectivity index (χ1) is 19.3. The molecule has 40 heavy (non-hydrogen) atoms. The zero-order valence-corrected chi connectivity index (χ0v) is 23.8. The number of likely N-dealkylation sites (N-methyl/N-ethyl adjacent to an activating group) is 1. The predicted octanol–water partition coefficient (Wildman–Crippen LogP) is 2.30. The third-order valence-electron chi connectivity index (χ3n) is 6.82. The second-order valence-corrected chi connectivity index (χ2v) is 11.8. The Kier molecular flexibility index (Phi) is 8.24. The summed E-state index contributed by atoms with van der Waals surface area (Å²) in [5.74, 6) is 1.21. The van der Waals surface area contributed by atoms with Crippen molar-refractivity contribution in [2.45, 2.75) is 44.6 Å². The summed E-state index contributed by atoms with van der Waals surface area (Å²) >= 11 is 0. The van der Waals surface area contributed by atoms with Gasteiger partial charge in [-0.3, -0.25) is 4.79 Å². The molecule has 0 unspecified atom stereocenters. The van der Waals surface area contributed by atoms with E-state index >= 15 is 0 Å². The molecule has 0 spiro atoms. The van der Waals surface area contributed by atoms with Gasteiger partial charge >= 0.3 is 0 Å². The van der Waals surface area contributed by atoms with Crippen LogP contribution in [-0.4, -0.2) is 87.2 Å². The highest BCUT2D eigenvalue weighted by Crippen LogP contribution is 2.32. The molecule has 0 bridgehead atoms. The van der Waals surface area contributed by atoms with Gasteiger partial charge in [0.05, 0.1) is 29.2 Å². The Bertz CT molecular complexity index is 1640. The molecule has 0 radical (unpaired) electrons. The van der Waals surface area contributed by atoms with E-state index in [1.54, 1.807) is 41.3 Å². The third-order valence-corrected chi connectivity index (χ3v) is 8.72. The number of rotatable bonds is 10. The molecule has 0 aliphatic carbocycles. The average molecular weight is 567 g/mol. The number of aromatic nitrogens is 6. The fourth-order valence-electron chi connectivity index (χ4n) is 4.71. The predicted molar refractivity (Wildman–Crippen MR) is 151 cm³/mol. The summed E-state index contributed by atoms with van der Waals surface area (Å²) in [5, 5.41) is 5.05. The van der Waals surface area contributed by atoms with Gasteiger partial charge in [-0.25, -0.2) is 28.1 Å². The highest BCUT2D eigenvalue weighted by atomic mass is 32.2. The highest BCUT2D eigenvalue weighted by Gasteiger charge is 2.29. The molecule has 13 heteroatoms. The second kappa shape index (κ2) is 11.8. The van der Waals surface area contributed by atoms with E-state index in [-0.39, 0.29) is 22.7 Å². The Morgan fingerprint density at radius 3 is 2.50 bits per heavy atom. The van der Waals surface area contributed by atoms with Gasteiger partial charge in [-0.2, -0.15) is 9.40 Å². The van der Waals surface area contributed by atoms with Crippen molar-refractivity contribution < 1.29 is 13.2 Å². The van der Waals surface area contributed by atoms with Crippen molar-refractivity contribution >= 4 is 21.1 Å². The zero-order valence-electron chi connectivity index (χ0n) is 23.0. The van der Waals surface area contributed by atoms with Crippen LogP contribution in [0, 0.1) is 0 Å². The minimum Gasteiger partial charge on any atom is -0.493 e. The maximum absolute atomic E-state index is 13.5. The van der Waals surface area contributed by atoms with Crippen molar-refractivity contribution in [3.8, 4) is 17.1 Å². The largest absolute Gasteiger partial charge is 0.493 e. The molecular weight excluding hydrogens is 532 g/mol. The molecule has 0 atom stereocenters. The molecule has 1 aromatic carbocycles. The van der Waals surface area contributed by atoms with Crippen LogP contribution in [0.25, 0.3) is 22.4 Å². The standard InChI is InChI=1S/C27H34N8O4S/c1-4-11-35-26-24(21(32-35)18-23-28-9-6-10-29-23)27(36)31-25(30-26)20-17-19(7-8-22(20)39-16-5-2)40(37,38)34-14-12-33(3)13-15-34/h6-10,17H,4-5,11-16,18H2,1-3H3,(H,30,31,36). The SMILES string of the molecule is CCCOc1ccc(S(=O)(=O)N2CCN(C)CC2)cc1-c1nc2c(c(Cc3ncccn3)nn2CCC)c(=O)[nH]1. The number of aryl methyl sites for hydroxylation is 1. The number of hydrogen-bond acceptors (Lipinski definition) is 9. The highest BCUT2D eigenvalue weighted by molar-refractivity contribution is 7.89. The van der Waals surface area contributed by atoms with Crippen LogP contribution in [0.5, 0.6) is 5.75 Å². The lowest BCUT2D eigenvalue weighted by Gasteiger charge is -2.31. The summed E-state index contributed by atoms with van der Waals surface area (Å²) < 4.78 is 36.3. The molecule has 1 aliphatic rings. The molecule has 1 saturated heterocycles. The quantitative estimate of drug-likeness (QED) is 0.306. The molecule has 4 heterocycles. The van der Waals surface area contributed by atoms with Gasteiger partial charge in [-0.15, -0.1) is 0 Å². The van der Waals surface area contributed by atoms with Crippen LogP contribution in [0.4, 0.5) is 0 Å². The lowest BCUT2D eigenvalue weighted by atomic mass is 10.1. The minimum atomic E-state index is -3.75. The Morgan fingerprint density at radius 2 is 1.80 bits per heavy atom. The van der Waals surface area contributed by atoms with Gasteiger partial charge in [0, 0.05) is 45.1 Å². The first kappa shape index (κ1) is 27.9. The van der Waals surface area contributed by atoms with Crippen LogP contribution in [0.2, 0.25) is 0 Å². The summed E-state index contributed by atoms with van der Waals surface area (Å²) in [6.07, 6.45) is 5.12. The van der Waals surface area contributed by atoms with Crippen molar-refractivity contribution in [1.29, 1.82) is 0 Å². The van der Waals surface area contributed by atoms with Crippen molar-refractivity contribution in [3.63, 3.8) is 0 Å². The number of ether oxygens (including phenoxy) is 1. The summed E-state index contributed by atoms with van der Waals surface area (Å²) in [6.45, 7) is 7.13. The number of aromatic amines is 1. The molecule has 212 valence electrons. The van der Waals surface area contributed by atoms with Crippen molar-refractivity contribution in [2.24, 2.45) is 0 Å². The Balaban J connectivity index is 1.62. The fourth-order valence-corrected chi connectivity index (χ4v) is 6.16. The number of fused-ring (bicyclic) bond motifs is 1. The van der Waals surface area contributed by atoms with Crippen LogP contribution in [0.1, 0.15) is 38.2 Å². The number of nitrogens with zero attached hydrogens (tertiary/aromatic N) is 7. The molecule has 0 saturated carbocycles. The second-order valence-electron chi connectivity index (χ2n) is 9.84. The van der Waals surface area contributed by atoms with E-state index in [2.05, 4.69) is 25.0 Å². The van der Waals surface area contributed by atoms with E-state index in [1.165, 1.54) is 4.31 Å². The van der Waals surface area contributed by atoms with E-state index in [1.807, 2.05) is 20.9 Å². The Morgan fingerprint density at radius 1 is 1.05 bits per heavy atom. The number of benzene rings is 1. The van der Waals surface area contributed by atoms with Crippen LogP contribution in [-0.2, 0) is 23.0 Å². The Labute approximate surface area is 233 Å². The van der Waals surface area contributed by atoms with E-state index < -0.39 is 10.0 Å². The van der Waals surface area contributed by atoms with Gasteiger partial charge in [0.2, 0.25) is 10.0 Å². The molecule has 1 N–H and O–H groups in total. The van der Waals surface area contributed by atoms with E-state index in [4.69, 9.17) is 9.72 Å². The first-order valence-corrected chi connectivity index (χ1v) is 15.0. The smallest absolute Gasteiger partial charge is 0.262 e. The number of H-pyrrole nitrogens is 1. The fraction of sp³-hybridized carbons (Fsp3) is 0.444. The maximum Gasteiger partial charge on any atom is 0.262 e. The Hall–Kier alpha value is -3.68. The van der Waals surface area contributed by atoms with Gasteiger partial charge in [-0.05, 0) is 44.2 Å². The summed E-state index contributed by atoms with van der Waals surface area (Å²) in [5.41, 5.74) is 0.978. The molecule has 12 nitrogen and oxygen atoms in total. The third kappa shape index (κ3) is 5.62. The molecule has 1 fully saturated rings. The number of piperazine rings is 1. The van der Waals surface area contributed by atoms with Gasteiger partial charge in [-0.1, -0.05) is 13.8 Å². The molecule has 5 rings (SSSR count). The van der Waals surface area contributed by atoms with Crippen molar-refractivity contribution in [2.75, 3.05) is 39.8 Å².